The molecule has 1 saturated heterocycles. The molecule has 2 heterocycles. The third-order valence-corrected chi connectivity index (χ3v) is 4.54. The molecule has 1 aromatic carbocycles. The van der Waals surface area contributed by atoms with Gasteiger partial charge in [0.05, 0.1) is 11.3 Å². The molecule has 0 unspecified atom stereocenters. The normalized spacial score (nSPS) is 15.0. The SMILES string of the molecule is O=C(c1cncc(NCc2ccc(Cl)cc2)c1)N1CCCCCC1. The maximum absolute atomic E-state index is 12.7. The van der Waals surface area contributed by atoms with Gasteiger partial charge in [0.15, 0.2) is 0 Å². The fraction of sp³-hybridized carbons (Fsp3) is 0.368. The Kier molecular flexibility index (Phi) is 5.70. The molecular formula is C19H22ClN3O. The van der Waals surface area contributed by atoms with Gasteiger partial charge in [-0.05, 0) is 36.6 Å². The van der Waals surface area contributed by atoms with Crippen LogP contribution in [-0.4, -0.2) is 28.9 Å². The topological polar surface area (TPSA) is 45.2 Å². The van der Waals surface area contributed by atoms with Gasteiger partial charge in [0, 0.05) is 37.1 Å². The van der Waals surface area contributed by atoms with Crippen molar-refractivity contribution >= 4 is 23.2 Å². The van der Waals surface area contributed by atoms with Gasteiger partial charge >= 0.3 is 0 Å². The van der Waals surface area contributed by atoms with Crippen LogP contribution in [0.2, 0.25) is 5.02 Å². The number of benzene rings is 1. The van der Waals surface area contributed by atoms with Crippen molar-refractivity contribution in [3.05, 3.63) is 58.9 Å². The highest BCUT2D eigenvalue weighted by Crippen LogP contribution is 2.16. The Bertz CT molecular complexity index is 679. The summed E-state index contributed by atoms with van der Waals surface area (Å²) in [4.78, 5) is 18.8. The fourth-order valence-electron chi connectivity index (χ4n) is 2.92. The number of halogens is 1. The van der Waals surface area contributed by atoms with Crippen LogP contribution in [0.1, 0.15) is 41.6 Å². The van der Waals surface area contributed by atoms with E-state index in [9.17, 15) is 4.79 Å². The van der Waals surface area contributed by atoms with Crippen molar-refractivity contribution < 1.29 is 4.79 Å². The molecule has 126 valence electrons. The maximum Gasteiger partial charge on any atom is 0.255 e. The van der Waals surface area contributed by atoms with E-state index in [0.29, 0.717) is 12.1 Å². The molecule has 0 saturated carbocycles. The predicted molar refractivity (Wildman–Crippen MR) is 97.4 cm³/mol. The average Bonchev–Trinajstić information content (AvgIpc) is 2.90. The van der Waals surface area contributed by atoms with Crippen molar-refractivity contribution in [1.29, 1.82) is 0 Å². The molecule has 24 heavy (non-hydrogen) atoms. The first-order valence-corrected chi connectivity index (χ1v) is 8.83. The fourth-order valence-corrected chi connectivity index (χ4v) is 3.04. The minimum absolute atomic E-state index is 0.0829. The van der Waals surface area contributed by atoms with Crippen molar-refractivity contribution in [1.82, 2.24) is 9.88 Å². The minimum atomic E-state index is 0.0829. The predicted octanol–water partition coefficient (Wildman–Crippen LogP) is 4.36. The molecule has 1 N–H and O–H groups in total. The Morgan fingerprint density at radius 3 is 2.50 bits per heavy atom. The van der Waals surface area contributed by atoms with E-state index < -0.39 is 0 Å². The molecule has 5 heteroatoms. The second-order valence-electron chi connectivity index (χ2n) is 6.15. The Morgan fingerprint density at radius 2 is 1.79 bits per heavy atom. The lowest BCUT2D eigenvalue weighted by molar-refractivity contribution is 0.0761. The van der Waals surface area contributed by atoms with Gasteiger partial charge in [-0.15, -0.1) is 0 Å². The van der Waals surface area contributed by atoms with Crippen molar-refractivity contribution in [2.45, 2.75) is 32.2 Å². The van der Waals surface area contributed by atoms with Crippen LogP contribution in [0.5, 0.6) is 0 Å². The first-order valence-electron chi connectivity index (χ1n) is 8.45. The van der Waals surface area contributed by atoms with Gasteiger partial charge in [-0.2, -0.15) is 0 Å². The molecule has 1 fully saturated rings. The van der Waals surface area contributed by atoms with E-state index in [4.69, 9.17) is 11.6 Å². The molecule has 4 nitrogen and oxygen atoms in total. The van der Waals surface area contributed by atoms with Gasteiger partial charge in [-0.25, -0.2) is 0 Å². The van der Waals surface area contributed by atoms with E-state index >= 15 is 0 Å². The van der Waals surface area contributed by atoms with Gasteiger partial charge in [0.1, 0.15) is 0 Å². The summed E-state index contributed by atoms with van der Waals surface area (Å²) in [5.41, 5.74) is 2.63. The number of nitrogens with one attached hydrogen (secondary N) is 1. The van der Waals surface area contributed by atoms with E-state index in [2.05, 4.69) is 10.3 Å². The van der Waals surface area contributed by atoms with Crippen LogP contribution < -0.4 is 5.32 Å². The van der Waals surface area contributed by atoms with Crippen molar-refractivity contribution in [2.24, 2.45) is 0 Å². The molecule has 0 radical (unpaired) electrons. The van der Waals surface area contributed by atoms with Crippen molar-refractivity contribution in [3.8, 4) is 0 Å². The summed E-state index contributed by atoms with van der Waals surface area (Å²) in [7, 11) is 0. The largest absolute Gasteiger partial charge is 0.380 e. The van der Waals surface area contributed by atoms with Gasteiger partial charge in [-0.3, -0.25) is 9.78 Å². The highest BCUT2D eigenvalue weighted by atomic mass is 35.5. The number of aromatic nitrogens is 1. The summed E-state index contributed by atoms with van der Waals surface area (Å²) in [5.74, 6) is 0.0829. The third kappa shape index (κ3) is 4.48. The molecule has 3 rings (SSSR count). The van der Waals surface area contributed by atoms with Crippen LogP contribution in [0.15, 0.2) is 42.7 Å². The number of likely N-dealkylation sites (tertiary alicyclic amines) is 1. The molecular weight excluding hydrogens is 322 g/mol. The van der Waals surface area contributed by atoms with Crippen LogP contribution >= 0.6 is 11.6 Å². The lowest BCUT2D eigenvalue weighted by Crippen LogP contribution is -2.31. The molecule has 1 aliphatic rings. The smallest absolute Gasteiger partial charge is 0.255 e. The Morgan fingerprint density at radius 1 is 1.08 bits per heavy atom. The molecule has 0 aliphatic carbocycles. The van der Waals surface area contributed by atoms with Crippen molar-refractivity contribution in [3.63, 3.8) is 0 Å². The summed E-state index contributed by atoms with van der Waals surface area (Å²) in [6, 6.07) is 9.59. The number of nitrogens with zero attached hydrogens (tertiary/aromatic N) is 2. The molecule has 0 atom stereocenters. The van der Waals surface area contributed by atoms with Gasteiger partial charge in [-0.1, -0.05) is 36.6 Å². The number of amides is 1. The van der Waals surface area contributed by atoms with Gasteiger partial charge in [0.2, 0.25) is 0 Å². The standard InChI is InChI=1S/C19H22ClN3O/c20-17-7-5-15(6-8-17)12-22-18-11-16(13-21-14-18)19(24)23-9-3-1-2-4-10-23/h5-8,11,13-14,22H,1-4,9-10,12H2. The summed E-state index contributed by atoms with van der Waals surface area (Å²) >= 11 is 5.90. The van der Waals surface area contributed by atoms with E-state index in [1.165, 1.54) is 12.8 Å². The van der Waals surface area contributed by atoms with Crippen LogP contribution in [-0.2, 0) is 6.54 Å². The number of rotatable bonds is 4. The van der Waals surface area contributed by atoms with E-state index in [1.807, 2.05) is 35.2 Å². The Labute approximate surface area is 147 Å². The molecule has 1 amide bonds. The highest BCUT2D eigenvalue weighted by Gasteiger charge is 2.17. The Hall–Kier alpha value is -2.07. The monoisotopic (exact) mass is 343 g/mol. The highest BCUT2D eigenvalue weighted by molar-refractivity contribution is 6.30. The first-order chi connectivity index (χ1) is 11.7. The number of hydrogen-bond acceptors (Lipinski definition) is 3. The van der Waals surface area contributed by atoms with Crippen LogP contribution in [0, 0.1) is 0 Å². The number of pyridine rings is 1. The molecule has 1 aromatic heterocycles. The van der Waals surface area contributed by atoms with Gasteiger partial charge < -0.3 is 10.2 Å². The van der Waals surface area contributed by atoms with Crippen LogP contribution in [0.3, 0.4) is 0 Å². The van der Waals surface area contributed by atoms with Crippen LogP contribution in [0.25, 0.3) is 0 Å². The summed E-state index contributed by atoms with van der Waals surface area (Å²) in [5, 5.41) is 4.04. The number of anilines is 1. The van der Waals surface area contributed by atoms with Crippen LogP contribution in [0.4, 0.5) is 5.69 Å². The lowest BCUT2D eigenvalue weighted by atomic mass is 10.2. The van der Waals surface area contributed by atoms with Gasteiger partial charge in [0.25, 0.3) is 5.91 Å². The second kappa shape index (κ2) is 8.15. The Balaban J connectivity index is 1.64. The number of hydrogen-bond donors (Lipinski definition) is 1. The molecule has 2 aromatic rings. The number of carbonyl (C=O) groups excluding carboxylic acids is 1. The summed E-state index contributed by atoms with van der Waals surface area (Å²) in [6.07, 6.45) is 8.01. The molecule has 0 bridgehead atoms. The van der Waals surface area contributed by atoms with E-state index in [1.54, 1.807) is 12.4 Å². The molecule has 0 spiro atoms. The zero-order valence-corrected chi connectivity index (χ0v) is 14.4. The summed E-state index contributed by atoms with van der Waals surface area (Å²) < 4.78 is 0. The quantitative estimate of drug-likeness (QED) is 0.896. The summed E-state index contributed by atoms with van der Waals surface area (Å²) in [6.45, 7) is 2.36. The van der Waals surface area contributed by atoms with E-state index in [-0.39, 0.29) is 5.91 Å². The maximum atomic E-state index is 12.7. The molecule has 1 aliphatic heterocycles. The average molecular weight is 344 g/mol. The second-order valence-corrected chi connectivity index (χ2v) is 6.59. The minimum Gasteiger partial charge on any atom is -0.380 e. The zero-order valence-electron chi connectivity index (χ0n) is 13.7. The van der Waals surface area contributed by atoms with Crippen molar-refractivity contribution in [2.75, 3.05) is 18.4 Å². The number of carbonyl (C=O) groups is 1. The zero-order chi connectivity index (χ0) is 16.8. The first kappa shape index (κ1) is 16.8. The lowest BCUT2D eigenvalue weighted by Gasteiger charge is -2.20. The third-order valence-electron chi connectivity index (χ3n) is 4.29. The van der Waals surface area contributed by atoms with E-state index in [0.717, 1.165) is 42.2 Å².